The van der Waals surface area contributed by atoms with E-state index in [9.17, 15) is 18.8 Å². The molecule has 7 nitrogen and oxygen atoms in total. The summed E-state index contributed by atoms with van der Waals surface area (Å²) < 4.78 is 14.6. The first-order chi connectivity index (χ1) is 12.4. The lowest BCUT2D eigenvalue weighted by Crippen LogP contribution is -2.49. The Morgan fingerprint density at radius 2 is 1.96 bits per heavy atom. The molecular formula is C18H22FN3O4. The van der Waals surface area contributed by atoms with Crippen LogP contribution < -0.4 is 15.1 Å². The minimum absolute atomic E-state index is 0.0978. The van der Waals surface area contributed by atoms with Crippen LogP contribution in [-0.4, -0.2) is 42.6 Å². The fourth-order valence-electron chi connectivity index (χ4n) is 3.57. The maximum atomic E-state index is 14.6. The number of carbonyl (C=O) groups excluding carboxylic acids is 2. The van der Waals surface area contributed by atoms with Gasteiger partial charge in [-0.2, -0.15) is 0 Å². The predicted molar refractivity (Wildman–Crippen MR) is 93.6 cm³/mol. The zero-order valence-electron chi connectivity index (χ0n) is 14.6. The Labute approximate surface area is 150 Å². The van der Waals surface area contributed by atoms with Gasteiger partial charge in [0.05, 0.1) is 11.6 Å². The van der Waals surface area contributed by atoms with E-state index in [1.807, 2.05) is 4.90 Å². The highest BCUT2D eigenvalue weighted by Crippen LogP contribution is 2.31. The smallest absolute Gasteiger partial charge is 0.328 e. The third-order valence-corrected chi connectivity index (χ3v) is 5.27. The second kappa shape index (κ2) is 7.31. The number of anilines is 2. The number of benzene rings is 1. The molecule has 2 N–H and O–H groups in total. The summed E-state index contributed by atoms with van der Waals surface area (Å²) in [6.07, 6.45) is 1.58. The summed E-state index contributed by atoms with van der Waals surface area (Å²) in [5.41, 5.74) is 0.856. The molecule has 0 radical (unpaired) electrons. The zero-order chi connectivity index (χ0) is 18.8. The van der Waals surface area contributed by atoms with Crippen molar-refractivity contribution in [2.24, 2.45) is 11.8 Å². The van der Waals surface area contributed by atoms with Gasteiger partial charge in [0.25, 0.3) is 0 Å². The average molecular weight is 363 g/mol. The number of imide groups is 1. The van der Waals surface area contributed by atoms with Gasteiger partial charge >= 0.3 is 12.0 Å². The summed E-state index contributed by atoms with van der Waals surface area (Å²) in [6.45, 7) is 3.13. The molecule has 1 unspecified atom stereocenters. The Morgan fingerprint density at radius 3 is 2.54 bits per heavy atom. The zero-order valence-corrected chi connectivity index (χ0v) is 14.6. The lowest BCUT2D eigenvalue weighted by atomic mass is 9.85. The Balaban J connectivity index is 1.68. The Morgan fingerprint density at radius 1 is 1.27 bits per heavy atom. The number of hydrogen-bond donors (Lipinski definition) is 2. The van der Waals surface area contributed by atoms with Crippen LogP contribution in [0.2, 0.25) is 0 Å². The van der Waals surface area contributed by atoms with Crippen molar-refractivity contribution in [2.75, 3.05) is 29.4 Å². The second-order valence-corrected chi connectivity index (χ2v) is 6.84. The molecular weight excluding hydrogens is 341 g/mol. The van der Waals surface area contributed by atoms with E-state index in [4.69, 9.17) is 5.11 Å². The molecule has 2 fully saturated rings. The molecule has 2 aliphatic rings. The maximum Gasteiger partial charge on any atom is 0.328 e. The van der Waals surface area contributed by atoms with Gasteiger partial charge in [-0.1, -0.05) is 6.92 Å². The highest BCUT2D eigenvalue weighted by Gasteiger charge is 2.29. The molecule has 0 aliphatic carbocycles. The van der Waals surface area contributed by atoms with Gasteiger partial charge in [-0.25, -0.2) is 9.18 Å². The minimum atomic E-state index is -0.794. The highest BCUT2D eigenvalue weighted by molar-refractivity contribution is 6.05. The summed E-state index contributed by atoms with van der Waals surface area (Å²) in [5.74, 6) is -1.86. The van der Waals surface area contributed by atoms with Gasteiger partial charge in [0.1, 0.15) is 5.82 Å². The van der Waals surface area contributed by atoms with Crippen molar-refractivity contribution >= 4 is 29.3 Å². The lowest BCUT2D eigenvalue weighted by Gasteiger charge is -2.35. The number of rotatable bonds is 4. The molecule has 1 atom stereocenters. The van der Waals surface area contributed by atoms with E-state index in [1.165, 1.54) is 11.0 Å². The van der Waals surface area contributed by atoms with Crippen molar-refractivity contribution in [1.82, 2.24) is 5.32 Å². The quantitative estimate of drug-likeness (QED) is 0.856. The summed E-state index contributed by atoms with van der Waals surface area (Å²) in [7, 11) is 0. The molecule has 2 aliphatic heterocycles. The first-order valence-corrected chi connectivity index (χ1v) is 8.75. The fourth-order valence-corrected chi connectivity index (χ4v) is 3.57. The summed E-state index contributed by atoms with van der Waals surface area (Å²) >= 11 is 0. The van der Waals surface area contributed by atoms with E-state index < -0.39 is 23.7 Å². The number of piperidine rings is 1. The number of nitrogens with zero attached hydrogens (tertiary/aromatic N) is 2. The standard InChI is InChI=1S/C18H22FN3O4/c1-11(17(24)25)12-4-7-21(8-5-12)15-3-2-13(10-14(15)19)22-9-6-16(23)20-18(22)26/h2-3,10-12H,4-9H2,1H3,(H,24,25)(H,20,23,26). The molecule has 3 rings (SSSR count). The Bertz CT molecular complexity index is 731. The van der Waals surface area contributed by atoms with Gasteiger partial charge in [0.15, 0.2) is 0 Å². The van der Waals surface area contributed by atoms with Gasteiger partial charge in [-0.05, 0) is 37.0 Å². The number of aliphatic carboxylic acids is 1. The highest BCUT2D eigenvalue weighted by atomic mass is 19.1. The predicted octanol–water partition coefficient (Wildman–Crippen LogP) is 2.21. The Kier molecular flexibility index (Phi) is 5.11. The normalized spacial score (nSPS) is 20.1. The van der Waals surface area contributed by atoms with Crippen LogP contribution in [0, 0.1) is 17.7 Å². The van der Waals surface area contributed by atoms with Crippen molar-refractivity contribution in [3.05, 3.63) is 24.0 Å². The van der Waals surface area contributed by atoms with Crippen LogP contribution in [0.4, 0.5) is 20.6 Å². The number of carboxylic acids is 1. The molecule has 0 saturated carbocycles. The number of nitrogens with one attached hydrogen (secondary N) is 1. The lowest BCUT2D eigenvalue weighted by molar-refractivity contribution is -0.143. The van der Waals surface area contributed by atoms with Crippen molar-refractivity contribution < 1.29 is 23.9 Å². The summed E-state index contributed by atoms with van der Waals surface area (Å²) in [6, 6.07) is 4.06. The Hall–Kier alpha value is -2.64. The van der Waals surface area contributed by atoms with Crippen LogP contribution in [0.1, 0.15) is 26.2 Å². The van der Waals surface area contributed by atoms with Crippen molar-refractivity contribution in [3.63, 3.8) is 0 Å². The first-order valence-electron chi connectivity index (χ1n) is 8.75. The maximum absolute atomic E-state index is 14.6. The molecule has 0 bridgehead atoms. The molecule has 8 heteroatoms. The van der Waals surface area contributed by atoms with Crippen LogP contribution in [0.3, 0.4) is 0 Å². The van der Waals surface area contributed by atoms with Crippen LogP contribution >= 0.6 is 0 Å². The van der Waals surface area contributed by atoms with E-state index >= 15 is 0 Å². The summed E-state index contributed by atoms with van der Waals surface area (Å²) in [5, 5.41) is 11.3. The van der Waals surface area contributed by atoms with E-state index in [0.717, 1.165) is 0 Å². The summed E-state index contributed by atoms with van der Waals surface area (Å²) in [4.78, 5) is 37.4. The number of halogens is 1. The third kappa shape index (κ3) is 3.63. The minimum Gasteiger partial charge on any atom is -0.481 e. The third-order valence-electron chi connectivity index (χ3n) is 5.27. The van der Waals surface area contributed by atoms with Gasteiger partial charge < -0.3 is 10.0 Å². The molecule has 1 aromatic rings. The van der Waals surface area contributed by atoms with Crippen LogP contribution in [0.15, 0.2) is 18.2 Å². The number of urea groups is 1. The van der Waals surface area contributed by atoms with E-state index in [0.29, 0.717) is 37.3 Å². The van der Waals surface area contributed by atoms with Crippen molar-refractivity contribution in [3.8, 4) is 0 Å². The average Bonchev–Trinajstić information content (AvgIpc) is 2.61. The van der Waals surface area contributed by atoms with Crippen molar-refractivity contribution in [2.45, 2.75) is 26.2 Å². The second-order valence-electron chi connectivity index (χ2n) is 6.84. The molecule has 0 spiro atoms. The van der Waals surface area contributed by atoms with Crippen LogP contribution in [0.5, 0.6) is 0 Å². The van der Waals surface area contributed by atoms with E-state index in [2.05, 4.69) is 5.32 Å². The van der Waals surface area contributed by atoms with Gasteiger partial charge in [0.2, 0.25) is 5.91 Å². The van der Waals surface area contributed by atoms with E-state index in [1.54, 1.807) is 19.1 Å². The number of amides is 3. The first kappa shape index (κ1) is 18.2. The molecule has 1 aromatic carbocycles. The number of hydrogen-bond acceptors (Lipinski definition) is 4. The topological polar surface area (TPSA) is 89.9 Å². The van der Waals surface area contributed by atoms with Gasteiger partial charge in [-0.15, -0.1) is 0 Å². The number of carbonyl (C=O) groups is 3. The largest absolute Gasteiger partial charge is 0.481 e. The van der Waals surface area contributed by atoms with Crippen molar-refractivity contribution in [1.29, 1.82) is 0 Å². The van der Waals surface area contributed by atoms with Crippen LogP contribution in [-0.2, 0) is 9.59 Å². The van der Waals surface area contributed by atoms with Crippen LogP contribution in [0.25, 0.3) is 0 Å². The fraction of sp³-hybridized carbons (Fsp3) is 0.500. The van der Waals surface area contributed by atoms with Gasteiger partial charge in [0, 0.05) is 31.7 Å². The molecule has 140 valence electrons. The SMILES string of the molecule is CC(C(=O)O)C1CCN(c2ccc(N3CCC(=O)NC3=O)cc2F)CC1. The monoisotopic (exact) mass is 363 g/mol. The molecule has 0 aromatic heterocycles. The molecule has 2 heterocycles. The van der Waals surface area contributed by atoms with Gasteiger partial charge in [-0.3, -0.25) is 19.8 Å². The number of carboxylic acid groups (broad SMARTS) is 1. The molecule has 2 saturated heterocycles. The molecule has 26 heavy (non-hydrogen) atoms. The molecule has 3 amide bonds. The van der Waals surface area contributed by atoms with E-state index in [-0.39, 0.29) is 24.8 Å².